The SMILES string of the molecule is CC1C(=O)NC(=O)C(=O)N1C. The lowest BCUT2D eigenvalue weighted by Crippen LogP contribution is -2.58. The molecule has 1 saturated heterocycles. The molecule has 5 heteroatoms. The van der Waals surface area contributed by atoms with Crippen LogP contribution in [0, 0.1) is 0 Å². The van der Waals surface area contributed by atoms with Crippen LogP contribution in [0.25, 0.3) is 0 Å². The fourth-order valence-corrected chi connectivity index (χ4v) is 0.782. The maximum atomic E-state index is 10.8. The van der Waals surface area contributed by atoms with Gasteiger partial charge in [-0.3, -0.25) is 19.7 Å². The first kappa shape index (κ1) is 7.71. The molecule has 60 valence electrons. The summed E-state index contributed by atoms with van der Waals surface area (Å²) in [5, 5.41) is 1.94. The number of amides is 3. The topological polar surface area (TPSA) is 66.5 Å². The van der Waals surface area contributed by atoms with Crippen molar-refractivity contribution in [3.05, 3.63) is 0 Å². The molecule has 0 aromatic rings. The van der Waals surface area contributed by atoms with Crippen LogP contribution in [0.15, 0.2) is 0 Å². The van der Waals surface area contributed by atoms with Gasteiger partial charge in [0, 0.05) is 7.05 Å². The average molecular weight is 156 g/mol. The van der Waals surface area contributed by atoms with Gasteiger partial charge in [0.25, 0.3) is 0 Å². The second-order valence-electron chi connectivity index (χ2n) is 2.41. The molecule has 1 heterocycles. The van der Waals surface area contributed by atoms with E-state index >= 15 is 0 Å². The van der Waals surface area contributed by atoms with Crippen molar-refractivity contribution in [2.75, 3.05) is 7.05 Å². The van der Waals surface area contributed by atoms with Gasteiger partial charge in [-0.25, -0.2) is 0 Å². The summed E-state index contributed by atoms with van der Waals surface area (Å²) in [7, 11) is 1.42. The highest BCUT2D eigenvalue weighted by Gasteiger charge is 2.34. The fraction of sp³-hybridized carbons (Fsp3) is 0.500. The molecule has 1 aliphatic heterocycles. The number of likely N-dealkylation sites (N-methyl/N-ethyl adjacent to an activating group) is 1. The standard InChI is InChI=1S/C6H8N2O3/c1-3-4(9)7-5(10)6(11)8(3)2/h3H,1-2H3,(H,7,9,10). The van der Waals surface area contributed by atoms with Crippen LogP contribution in [0.5, 0.6) is 0 Å². The van der Waals surface area contributed by atoms with Crippen molar-refractivity contribution >= 4 is 17.7 Å². The minimum absolute atomic E-state index is 0.433. The van der Waals surface area contributed by atoms with E-state index in [2.05, 4.69) is 0 Å². The van der Waals surface area contributed by atoms with Gasteiger partial charge in [0.15, 0.2) is 0 Å². The Bertz CT molecular complexity index is 236. The van der Waals surface area contributed by atoms with Gasteiger partial charge in [0.1, 0.15) is 6.04 Å². The zero-order chi connectivity index (χ0) is 8.59. The van der Waals surface area contributed by atoms with Gasteiger partial charge >= 0.3 is 11.8 Å². The second-order valence-corrected chi connectivity index (χ2v) is 2.41. The molecule has 0 aliphatic carbocycles. The Hall–Kier alpha value is -1.39. The van der Waals surface area contributed by atoms with Crippen LogP contribution >= 0.6 is 0 Å². The molecule has 5 nitrogen and oxygen atoms in total. The molecule has 1 rings (SSSR count). The van der Waals surface area contributed by atoms with Crippen molar-refractivity contribution < 1.29 is 14.4 Å². The molecule has 0 saturated carbocycles. The smallest absolute Gasteiger partial charge is 0.316 e. The molecule has 1 unspecified atom stereocenters. The molecule has 3 amide bonds. The monoisotopic (exact) mass is 156 g/mol. The number of nitrogens with zero attached hydrogens (tertiary/aromatic N) is 1. The number of hydrogen-bond acceptors (Lipinski definition) is 3. The lowest BCUT2D eigenvalue weighted by Gasteiger charge is -2.27. The van der Waals surface area contributed by atoms with Crippen LogP contribution in [0.4, 0.5) is 0 Å². The highest BCUT2D eigenvalue weighted by molar-refractivity contribution is 6.40. The van der Waals surface area contributed by atoms with E-state index in [1.165, 1.54) is 7.05 Å². The number of imide groups is 1. The van der Waals surface area contributed by atoms with Crippen LogP contribution in [0.2, 0.25) is 0 Å². The minimum atomic E-state index is -0.851. The number of carbonyl (C=O) groups excluding carboxylic acids is 3. The summed E-state index contributed by atoms with van der Waals surface area (Å²) < 4.78 is 0. The predicted octanol–water partition coefficient (Wildman–Crippen LogP) is -1.51. The van der Waals surface area contributed by atoms with Gasteiger partial charge in [-0.2, -0.15) is 0 Å². The van der Waals surface area contributed by atoms with E-state index in [4.69, 9.17) is 0 Å². The molecule has 1 fully saturated rings. The summed E-state index contributed by atoms with van der Waals surface area (Å²) in [5.41, 5.74) is 0. The fourth-order valence-electron chi connectivity index (χ4n) is 0.782. The van der Waals surface area contributed by atoms with Crippen molar-refractivity contribution in [2.45, 2.75) is 13.0 Å². The molecule has 0 spiro atoms. The first-order valence-corrected chi connectivity index (χ1v) is 3.16. The van der Waals surface area contributed by atoms with E-state index in [0.717, 1.165) is 4.90 Å². The molecule has 1 atom stereocenters. The molecule has 11 heavy (non-hydrogen) atoms. The highest BCUT2D eigenvalue weighted by atomic mass is 16.2. The van der Waals surface area contributed by atoms with Gasteiger partial charge in [0.2, 0.25) is 5.91 Å². The molecule has 0 aromatic heterocycles. The Morgan fingerprint density at radius 1 is 1.36 bits per heavy atom. The Kier molecular flexibility index (Phi) is 1.64. The average Bonchev–Trinajstić information content (AvgIpc) is 1.97. The van der Waals surface area contributed by atoms with E-state index in [-0.39, 0.29) is 0 Å². The highest BCUT2D eigenvalue weighted by Crippen LogP contribution is 2.01. The zero-order valence-corrected chi connectivity index (χ0v) is 6.25. The third-order valence-corrected chi connectivity index (χ3v) is 1.71. The Labute approximate surface area is 63.4 Å². The van der Waals surface area contributed by atoms with Crippen LogP contribution in [0.3, 0.4) is 0 Å². The molecule has 1 N–H and O–H groups in total. The molecule has 0 aromatic carbocycles. The van der Waals surface area contributed by atoms with Crippen molar-refractivity contribution in [3.8, 4) is 0 Å². The Morgan fingerprint density at radius 2 is 1.91 bits per heavy atom. The van der Waals surface area contributed by atoms with Gasteiger partial charge in [-0.1, -0.05) is 0 Å². The summed E-state index contributed by atoms with van der Waals surface area (Å²) in [4.78, 5) is 33.4. The van der Waals surface area contributed by atoms with Crippen molar-refractivity contribution in [2.24, 2.45) is 0 Å². The molecule has 1 aliphatic rings. The normalized spacial score (nSPS) is 25.5. The first-order chi connectivity index (χ1) is 5.04. The summed E-state index contributed by atoms with van der Waals surface area (Å²) in [6.45, 7) is 1.56. The van der Waals surface area contributed by atoms with Crippen LogP contribution in [0.1, 0.15) is 6.92 Å². The number of rotatable bonds is 0. The van der Waals surface area contributed by atoms with Crippen molar-refractivity contribution in [3.63, 3.8) is 0 Å². The number of piperazine rings is 1. The third-order valence-electron chi connectivity index (χ3n) is 1.71. The number of hydrogen-bond donors (Lipinski definition) is 1. The van der Waals surface area contributed by atoms with E-state index in [9.17, 15) is 14.4 Å². The molecular weight excluding hydrogens is 148 g/mol. The third kappa shape index (κ3) is 1.09. The van der Waals surface area contributed by atoms with Gasteiger partial charge in [-0.05, 0) is 6.92 Å². The molecule has 0 bridgehead atoms. The predicted molar refractivity (Wildman–Crippen MR) is 35.4 cm³/mol. The summed E-state index contributed by atoms with van der Waals surface area (Å²) in [6, 6.07) is -0.555. The van der Waals surface area contributed by atoms with E-state index in [1.807, 2.05) is 5.32 Å². The quantitative estimate of drug-likeness (QED) is 0.342. The lowest BCUT2D eigenvalue weighted by molar-refractivity contribution is -0.154. The summed E-state index contributed by atoms with van der Waals surface area (Å²) in [5.74, 6) is -1.95. The number of carbonyl (C=O) groups is 3. The van der Waals surface area contributed by atoms with E-state index in [1.54, 1.807) is 6.92 Å². The van der Waals surface area contributed by atoms with E-state index < -0.39 is 23.8 Å². The van der Waals surface area contributed by atoms with Gasteiger partial charge < -0.3 is 4.90 Å². The van der Waals surface area contributed by atoms with Gasteiger partial charge in [-0.15, -0.1) is 0 Å². The first-order valence-electron chi connectivity index (χ1n) is 3.16. The lowest BCUT2D eigenvalue weighted by atomic mass is 10.2. The van der Waals surface area contributed by atoms with Crippen LogP contribution in [-0.2, 0) is 14.4 Å². The Morgan fingerprint density at radius 3 is 2.45 bits per heavy atom. The summed E-state index contributed by atoms with van der Waals surface area (Å²) in [6.07, 6.45) is 0. The van der Waals surface area contributed by atoms with Crippen LogP contribution in [-0.4, -0.2) is 35.7 Å². The maximum absolute atomic E-state index is 10.8. The Balaban J connectivity index is 2.87. The second kappa shape index (κ2) is 2.34. The van der Waals surface area contributed by atoms with Gasteiger partial charge in [0.05, 0.1) is 0 Å². The number of nitrogens with one attached hydrogen (secondary N) is 1. The van der Waals surface area contributed by atoms with Crippen LogP contribution < -0.4 is 5.32 Å². The maximum Gasteiger partial charge on any atom is 0.316 e. The minimum Gasteiger partial charge on any atom is -0.326 e. The summed E-state index contributed by atoms with van der Waals surface area (Å²) >= 11 is 0. The molecule has 0 radical (unpaired) electrons. The van der Waals surface area contributed by atoms with Crippen molar-refractivity contribution in [1.82, 2.24) is 10.2 Å². The molecular formula is C6H8N2O3. The van der Waals surface area contributed by atoms with E-state index in [0.29, 0.717) is 0 Å². The van der Waals surface area contributed by atoms with Crippen molar-refractivity contribution in [1.29, 1.82) is 0 Å². The zero-order valence-electron chi connectivity index (χ0n) is 6.25. The largest absolute Gasteiger partial charge is 0.326 e.